The molecule has 0 amide bonds. The van der Waals surface area contributed by atoms with Crippen LogP contribution in [-0.2, 0) is 0 Å². The second kappa shape index (κ2) is 6.46. The summed E-state index contributed by atoms with van der Waals surface area (Å²) in [6.45, 7) is 9.03. The fourth-order valence-electron chi connectivity index (χ4n) is 2.49. The largest absolute Gasteiger partial charge is 0.330 e. The second-order valence-electron chi connectivity index (χ2n) is 4.79. The van der Waals surface area contributed by atoms with Gasteiger partial charge in [-0.1, -0.05) is 6.92 Å². The van der Waals surface area contributed by atoms with E-state index in [4.69, 9.17) is 5.73 Å². The van der Waals surface area contributed by atoms with E-state index in [2.05, 4.69) is 30.7 Å². The van der Waals surface area contributed by atoms with E-state index in [-0.39, 0.29) is 0 Å². The highest BCUT2D eigenvalue weighted by molar-refractivity contribution is 4.81. The van der Waals surface area contributed by atoms with Crippen molar-refractivity contribution in [2.45, 2.75) is 45.2 Å². The highest BCUT2D eigenvalue weighted by Crippen LogP contribution is 2.18. The van der Waals surface area contributed by atoms with Gasteiger partial charge in [-0.25, -0.2) is 0 Å². The highest BCUT2D eigenvalue weighted by Gasteiger charge is 2.24. The zero-order valence-corrected chi connectivity index (χ0v) is 10.6. The molecule has 1 aliphatic heterocycles. The Hall–Kier alpha value is -0.120. The molecule has 1 fully saturated rings. The number of hydrogen-bond donors (Lipinski definition) is 1. The smallest absolute Gasteiger partial charge is 0.0223 e. The minimum atomic E-state index is 0.620. The minimum absolute atomic E-state index is 0.620. The third kappa shape index (κ3) is 3.74. The SMILES string of the molecule is CCN1CCCC1CN(C)C(C)CCN. The fraction of sp³-hybridized carbons (Fsp3) is 1.00. The van der Waals surface area contributed by atoms with E-state index in [1.165, 1.54) is 32.5 Å². The number of hydrogen-bond acceptors (Lipinski definition) is 3. The first-order chi connectivity index (χ1) is 7.19. The van der Waals surface area contributed by atoms with E-state index in [0.29, 0.717) is 6.04 Å². The molecule has 1 rings (SSSR count). The number of likely N-dealkylation sites (tertiary alicyclic amines) is 1. The predicted octanol–water partition coefficient (Wildman–Crippen LogP) is 1.14. The molecular weight excluding hydrogens is 186 g/mol. The van der Waals surface area contributed by atoms with Gasteiger partial charge in [0.2, 0.25) is 0 Å². The minimum Gasteiger partial charge on any atom is -0.330 e. The average Bonchev–Trinajstić information content (AvgIpc) is 2.65. The van der Waals surface area contributed by atoms with Crippen LogP contribution in [0.25, 0.3) is 0 Å². The Balaban J connectivity index is 2.33. The van der Waals surface area contributed by atoms with E-state index in [1.54, 1.807) is 0 Å². The first-order valence-electron chi connectivity index (χ1n) is 6.33. The van der Waals surface area contributed by atoms with Gasteiger partial charge in [-0.2, -0.15) is 0 Å². The first kappa shape index (κ1) is 12.9. The van der Waals surface area contributed by atoms with E-state index in [0.717, 1.165) is 19.0 Å². The van der Waals surface area contributed by atoms with Crippen molar-refractivity contribution in [1.29, 1.82) is 0 Å². The molecule has 3 heteroatoms. The van der Waals surface area contributed by atoms with Gasteiger partial charge >= 0.3 is 0 Å². The summed E-state index contributed by atoms with van der Waals surface area (Å²) in [7, 11) is 2.23. The van der Waals surface area contributed by atoms with Crippen molar-refractivity contribution < 1.29 is 0 Å². The maximum atomic E-state index is 5.59. The molecule has 0 aromatic carbocycles. The van der Waals surface area contributed by atoms with Gasteiger partial charge in [0.1, 0.15) is 0 Å². The molecule has 2 atom stereocenters. The normalized spacial score (nSPS) is 25.0. The van der Waals surface area contributed by atoms with Crippen LogP contribution < -0.4 is 5.73 Å². The summed E-state index contributed by atoms with van der Waals surface area (Å²) in [5, 5.41) is 0. The molecule has 90 valence electrons. The molecule has 0 aromatic rings. The van der Waals surface area contributed by atoms with Gasteiger partial charge in [0.25, 0.3) is 0 Å². The second-order valence-corrected chi connectivity index (χ2v) is 4.79. The van der Waals surface area contributed by atoms with Crippen LogP contribution in [-0.4, -0.2) is 55.1 Å². The lowest BCUT2D eigenvalue weighted by atomic mass is 10.1. The molecule has 0 bridgehead atoms. The van der Waals surface area contributed by atoms with Gasteiger partial charge in [0.15, 0.2) is 0 Å². The third-order valence-corrected chi connectivity index (χ3v) is 3.74. The quantitative estimate of drug-likeness (QED) is 0.718. The van der Waals surface area contributed by atoms with Crippen molar-refractivity contribution in [3.63, 3.8) is 0 Å². The molecule has 1 heterocycles. The van der Waals surface area contributed by atoms with E-state index in [1.807, 2.05) is 0 Å². The summed E-state index contributed by atoms with van der Waals surface area (Å²) in [5.74, 6) is 0. The van der Waals surface area contributed by atoms with Crippen molar-refractivity contribution in [2.75, 3.05) is 33.2 Å². The van der Waals surface area contributed by atoms with Crippen LogP contribution in [0.15, 0.2) is 0 Å². The molecule has 2 N–H and O–H groups in total. The predicted molar refractivity (Wildman–Crippen MR) is 66.0 cm³/mol. The zero-order chi connectivity index (χ0) is 11.3. The zero-order valence-electron chi connectivity index (χ0n) is 10.6. The molecule has 0 saturated carbocycles. The maximum Gasteiger partial charge on any atom is 0.0223 e. The summed E-state index contributed by atoms with van der Waals surface area (Å²) in [5.41, 5.74) is 5.59. The lowest BCUT2D eigenvalue weighted by Gasteiger charge is -2.31. The van der Waals surface area contributed by atoms with Gasteiger partial charge in [-0.05, 0) is 52.9 Å². The Bertz CT molecular complexity index is 172. The van der Waals surface area contributed by atoms with Crippen LogP contribution in [0.5, 0.6) is 0 Å². The van der Waals surface area contributed by atoms with Gasteiger partial charge in [-0.3, -0.25) is 4.90 Å². The lowest BCUT2D eigenvalue weighted by molar-refractivity contribution is 0.166. The summed E-state index contributed by atoms with van der Waals surface area (Å²) >= 11 is 0. The summed E-state index contributed by atoms with van der Waals surface area (Å²) in [6, 6.07) is 1.40. The van der Waals surface area contributed by atoms with E-state index >= 15 is 0 Å². The molecule has 15 heavy (non-hydrogen) atoms. The van der Waals surface area contributed by atoms with Crippen molar-refractivity contribution in [3.8, 4) is 0 Å². The summed E-state index contributed by atoms with van der Waals surface area (Å²) < 4.78 is 0. The Morgan fingerprint density at radius 3 is 2.87 bits per heavy atom. The molecular formula is C12H27N3. The molecule has 2 unspecified atom stereocenters. The van der Waals surface area contributed by atoms with Gasteiger partial charge in [0.05, 0.1) is 0 Å². The van der Waals surface area contributed by atoms with Crippen LogP contribution in [0.4, 0.5) is 0 Å². The Morgan fingerprint density at radius 2 is 2.27 bits per heavy atom. The molecule has 0 aromatic heterocycles. The first-order valence-corrected chi connectivity index (χ1v) is 6.33. The van der Waals surface area contributed by atoms with Crippen molar-refractivity contribution in [2.24, 2.45) is 5.73 Å². The van der Waals surface area contributed by atoms with Crippen LogP contribution in [0.1, 0.15) is 33.1 Å². The van der Waals surface area contributed by atoms with Crippen LogP contribution in [0.2, 0.25) is 0 Å². The molecule has 1 aliphatic rings. The van der Waals surface area contributed by atoms with Gasteiger partial charge in [-0.15, -0.1) is 0 Å². The van der Waals surface area contributed by atoms with Gasteiger partial charge in [0, 0.05) is 18.6 Å². The maximum absolute atomic E-state index is 5.59. The van der Waals surface area contributed by atoms with Crippen LogP contribution in [0.3, 0.4) is 0 Å². The van der Waals surface area contributed by atoms with Crippen molar-refractivity contribution in [3.05, 3.63) is 0 Å². The average molecular weight is 213 g/mol. The van der Waals surface area contributed by atoms with E-state index < -0.39 is 0 Å². The monoisotopic (exact) mass is 213 g/mol. The number of rotatable bonds is 6. The fourth-order valence-corrected chi connectivity index (χ4v) is 2.49. The Morgan fingerprint density at radius 1 is 1.53 bits per heavy atom. The van der Waals surface area contributed by atoms with Crippen molar-refractivity contribution >= 4 is 0 Å². The van der Waals surface area contributed by atoms with Crippen LogP contribution >= 0.6 is 0 Å². The standard InChI is InChI=1S/C12H27N3/c1-4-15-9-5-6-12(15)10-14(3)11(2)7-8-13/h11-12H,4-10,13H2,1-3H3. The van der Waals surface area contributed by atoms with E-state index in [9.17, 15) is 0 Å². The third-order valence-electron chi connectivity index (χ3n) is 3.74. The Labute approximate surface area is 94.6 Å². The molecule has 0 radical (unpaired) electrons. The van der Waals surface area contributed by atoms with Gasteiger partial charge < -0.3 is 10.6 Å². The summed E-state index contributed by atoms with van der Waals surface area (Å²) in [4.78, 5) is 5.07. The molecule has 0 aliphatic carbocycles. The lowest BCUT2D eigenvalue weighted by Crippen LogP contribution is -2.42. The van der Waals surface area contributed by atoms with Crippen molar-refractivity contribution in [1.82, 2.24) is 9.80 Å². The molecule has 0 spiro atoms. The summed E-state index contributed by atoms with van der Waals surface area (Å²) in [6.07, 6.45) is 3.85. The number of nitrogens with zero attached hydrogens (tertiary/aromatic N) is 2. The Kier molecular flexibility index (Phi) is 5.58. The molecule has 1 saturated heterocycles. The number of nitrogens with two attached hydrogens (primary N) is 1. The highest BCUT2D eigenvalue weighted by atomic mass is 15.2. The number of likely N-dealkylation sites (N-methyl/N-ethyl adjacent to an activating group) is 2. The topological polar surface area (TPSA) is 32.5 Å². The molecule has 3 nitrogen and oxygen atoms in total. The van der Waals surface area contributed by atoms with Crippen LogP contribution in [0, 0.1) is 0 Å².